The van der Waals surface area contributed by atoms with Crippen LogP contribution in [0.25, 0.3) is 111 Å². The summed E-state index contributed by atoms with van der Waals surface area (Å²) in [6.45, 7) is 0. The Bertz CT molecular complexity index is 3490. The molecule has 0 aliphatic heterocycles. The summed E-state index contributed by atoms with van der Waals surface area (Å²) >= 11 is 0. The largest absolute Gasteiger partial charge is 0.456 e. The normalized spacial score (nSPS) is 11.7. The first-order chi connectivity index (χ1) is 29.3. The number of rotatable bonds is 5. The third-order valence-electron chi connectivity index (χ3n) is 12.9. The van der Waals surface area contributed by atoms with Gasteiger partial charge in [0.2, 0.25) is 0 Å². The molecule has 0 aliphatic carbocycles. The highest BCUT2D eigenvalue weighted by Gasteiger charge is 2.19. The smallest absolute Gasteiger partial charge is 0.164 e. The summed E-state index contributed by atoms with van der Waals surface area (Å²) in [5.74, 6) is 1.87. The molecule has 11 aromatic rings. The van der Waals surface area contributed by atoms with Crippen LogP contribution in [0.2, 0.25) is 0 Å². The van der Waals surface area contributed by atoms with Gasteiger partial charge in [-0.05, 0) is 84.9 Å². The summed E-state index contributed by atoms with van der Waals surface area (Å²) in [6, 6.07) is 55.8. The quantitative estimate of drug-likeness (QED) is 0.186. The molecular weight excluding hydrogens is 725 g/mol. The first-order valence-electron chi connectivity index (χ1n) is 20.6. The van der Waals surface area contributed by atoms with E-state index in [9.17, 15) is 0 Å². The minimum absolute atomic E-state index is 0.609. The fraction of sp³-hybridized carbons (Fsp3) is 0. The molecule has 0 radical (unpaired) electrons. The summed E-state index contributed by atoms with van der Waals surface area (Å²) in [5, 5.41) is 9.62. The van der Waals surface area contributed by atoms with E-state index in [1.165, 1.54) is 70.8 Å². The molecule has 0 aliphatic rings. The van der Waals surface area contributed by atoms with Crippen LogP contribution in [-0.2, 0) is 0 Å². The minimum Gasteiger partial charge on any atom is -0.456 e. The maximum absolute atomic E-state index is 6.54. The van der Waals surface area contributed by atoms with Crippen molar-refractivity contribution >= 4 is 121 Å². The highest BCUT2D eigenvalue weighted by molar-refractivity contribution is 6.68. The molecular formula is C51H36B5N3O. The van der Waals surface area contributed by atoms with E-state index in [0.29, 0.717) is 17.5 Å². The second-order valence-electron chi connectivity index (χ2n) is 16.1. The summed E-state index contributed by atoms with van der Waals surface area (Å²) in [5.41, 5.74) is 15.9. The maximum Gasteiger partial charge on any atom is 0.164 e. The molecule has 0 fully saturated rings. The van der Waals surface area contributed by atoms with Gasteiger partial charge in [0.05, 0.1) is 0 Å². The van der Waals surface area contributed by atoms with E-state index < -0.39 is 0 Å². The van der Waals surface area contributed by atoms with Crippen LogP contribution >= 0.6 is 0 Å². The van der Waals surface area contributed by atoms with Crippen molar-refractivity contribution in [2.75, 3.05) is 0 Å². The van der Waals surface area contributed by atoms with Crippen molar-refractivity contribution in [3.63, 3.8) is 0 Å². The first-order valence-corrected chi connectivity index (χ1v) is 20.6. The van der Waals surface area contributed by atoms with Crippen molar-refractivity contribution in [3.8, 4) is 56.4 Å². The van der Waals surface area contributed by atoms with Gasteiger partial charge in [-0.3, -0.25) is 0 Å². The van der Waals surface area contributed by atoms with E-state index in [1.54, 1.807) is 0 Å². The molecule has 0 N–H and O–H groups in total. The van der Waals surface area contributed by atoms with Gasteiger partial charge in [-0.1, -0.05) is 138 Å². The molecule has 9 aromatic carbocycles. The van der Waals surface area contributed by atoms with Crippen molar-refractivity contribution in [2.24, 2.45) is 0 Å². The Labute approximate surface area is 352 Å². The Hall–Kier alpha value is -7.11. The molecule has 0 bridgehead atoms. The van der Waals surface area contributed by atoms with Gasteiger partial charge in [0, 0.05) is 27.5 Å². The molecule has 2 heterocycles. The predicted molar refractivity (Wildman–Crippen MR) is 268 cm³/mol. The minimum atomic E-state index is 0.609. The van der Waals surface area contributed by atoms with Gasteiger partial charge in [0.25, 0.3) is 0 Å². The number of fused-ring (bicyclic) bond motifs is 9. The SMILES string of the molecule is Bc1c(B)c(B)c(-c2ccc(-c3nc(-c4ccccc4)nc(-c4ccc5oc6cccc(-c7ccc8c9ccccc9c9ccccc9c8c7)c6c5c4)n3)cc2)c(B)c1B. The Balaban J connectivity index is 1.06. The fourth-order valence-electron chi connectivity index (χ4n) is 9.35. The zero-order valence-corrected chi connectivity index (χ0v) is 34.3. The van der Waals surface area contributed by atoms with E-state index in [0.717, 1.165) is 49.8 Å². The lowest BCUT2D eigenvalue weighted by molar-refractivity contribution is 0.669. The number of hydrogen-bond donors (Lipinski definition) is 0. The van der Waals surface area contributed by atoms with Crippen molar-refractivity contribution in [3.05, 3.63) is 158 Å². The van der Waals surface area contributed by atoms with Crippen molar-refractivity contribution < 1.29 is 4.42 Å². The summed E-state index contributed by atoms with van der Waals surface area (Å²) in [6.07, 6.45) is 0. The van der Waals surface area contributed by atoms with Crippen molar-refractivity contribution in [2.45, 2.75) is 0 Å². The van der Waals surface area contributed by atoms with Gasteiger partial charge in [-0.15, -0.1) is 16.4 Å². The number of benzene rings is 9. The molecule has 0 saturated heterocycles. The lowest BCUT2D eigenvalue weighted by Gasteiger charge is -2.20. The number of furan rings is 1. The standard InChI is InChI=1S/C51H36B5N3O/c52-44-42(45(53)47(55)48(56)46(44)54)27-17-19-29(20-18-27)50-57-49(28-9-2-1-3-10-28)58-51(59-50)31-22-24-40-39(26-31)43-32(15-8-16-41(43)60-40)30-21-23-37-35-13-5-4-11-33(35)34-12-6-7-14-36(34)38(37)25-30/h1-26H,52-56H2. The van der Waals surface area contributed by atoms with E-state index >= 15 is 0 Å². The highest BCUT2D eigenvalue weighted by Crippen LogP contribution is 2.41. The molecule has 0 saturated carbocycles. The molecule has 2 aromatic heterocycles. The number of aromatic nitrogens is 3. The van der Waals surface area contributed by atoms with Gasteiger partial charge in [-0.2, -0.15) is 0 Å². The predicted octanol–water partition coefficient (Wildman–Crippen LogP) is 4.86. The van der Waals surface area contributed by atoms with Gasteiger partial charge in [0.15, 0.2) is 17.5 Å². The van der Waals surface area contributed by atoms with Gasteiger partial charge < -0.3 is 4.42 Å². The molecule has 0 amide bonds. The third kappa shape index (κ3) is 5.72. The molecule has 60 heavy (non-hydrogen) atoms. The summed E-state index contributed by atoms with van der Waals surface area (Å²) in [4.78, 5) is 15.3. The zero-order valence-electron chi connectivity index (χ0n) is 34.3. The summed E-state index contributed by atoms with van der Waals surface area (Å²) in [7, 11) is 11.1. The lowest BCUT2D eigenvalue weighted by atomic mass is 9.59. The third-order valence-corrected chi connectivity index (χ3v) is 12.9. The topological polar surface area (TPSA) is 51.8 Å². The van der Waals surface area contributed by atoms with Crippen LogP contribution in [0.3, 0.4) is 0 Å². The van der Waals surface area contributed by atoms with Crippen LogP contribution in [0.4, 0.5) is 0 Å². The van der Waals surface area contributed by atoms with Crippen LogP contribution in [0.5, 0.6) is 0 Å². The van der Waals surface area contributed by atoms with Gasteiger partial charge in [0.1, 0.15) is 50.4 Å². The van der Waals surface area contributed by atoms with Crippen LogP contribution < -0.4 is 27.3 Å². The average molecular weight is 761 g/mol. The molecule has 276 valence electrons. The van der Waals surface area contributed by atoms with Crippen LogP contribution in [0.1, 0.15) is 0 Å². The molecule has 9 heteroatoms. The number of nitrogens with zero attached hydrogens (tertiary/aromatic N) is 3. The van der Waals surface area contributed by atoms with Crippen molar-refractivity contribution in [1.29, 1.82) is 0 Å². The molecule has 0 spiro atoms. The average Bonchev–Trinajstić information content (AvgIpc) is 3.69. The zero-order chi connectivity index (χ0) is 40.6. The van der Waals surface area contributed by atoms with Gasteiger partial charge in [-0.25, -0.2) is 15.0 Å². The van der Waals surface area contributed by atoms with Crippen LogP contribution in [-0.4, -0.2) is 54.2 Å². The lowest BCUT2D eigenvalue weighted by Crippen LogP contribution is -2.55. The van der Waals surface area contributed by atoms with Crippen LogP contribution in [0.15, 0.2) is 162 Å². The fourth-order valence-corrected chi connectivity index (χ4v) is 9.35. The summed E-state index contributed by atoms with van der Waals surface area (Å²) < 4.78 is 6.54. The van der Waals surface area contributed by atoms with E-state index in [4.69, 9.17) is 19.4 Å². The molecule has 0 atom stereocenters. The Kier molecular flexibility index (Phi) is 8.42. The van der Waals surface area contributed by atoms with Crippen LogP contribution in [0, 0.1) is 0 Å². The maximum atomic E-state index is 6.54. The molecule has 11 rings (SSSR count). The van der Waals surface area contributed by atoms with Crippen molar-refractivity contribution in [1.82, 2.24) is 15.0 Å². The second-order valence-corrected chi connectivity index (χ2v) is 16.1. The number of hydrogen-bond acceptors (Lipinski definition) is 4. The van der Waals surface area contributed by atoms with Gasteiger partial charge >= 0.3 is 0 Å². The van der Waals surface area contributed by atoms with E-state index in [2.05, 4.69) is 161 Å². The Morgan fingerprint density at radius 1 is 0.317 bits per heavy atom. The Morgan fingerprint density at radius 3 is 1.42 bits per heavy atom. The monoisotopic (exact) mass is 761 g/mol. The highest BCUT2D eigenvalue weighted by atomic mass is 16.3. The Morgan fingerprint density at radius 2 is 0.783 bits per heavy atom. The second kappa shape index (κ2) is 14.0. The van der Waals surface area contributed by atoms with E-state index in [-0.39, 0.29) is 0 Å². The molecule has 0 unspecified atom stereocenters. The van der Waals surface area contributed by atoms with E-state index in [1.807, 2.05) is 36.4 Å². The first kappa shape index (κ1) is 36.0. The molecule has 4 nitrogen and oxygen atoms in total.